The van der Waals surface area contributed by atoms with Crippen LogP contribution in [0.25, 0.3) is 10.9 Å². The lowest BCUT2D eigenvalue weighted by atomic mass is 10.1. The van der Waals surface area contributed by atoms with Crippen molar-refractivity contribution in [2.45, 2.75) is 32.9 Å². The minimum absolute atomic E-state index is 0.0919. The number of nitrogens with two attached hydrogens (primary N) is 1. The molecule has 1 aromatic heterocycles. The van der Waals surface area contributed by atoms with E-state index in [-0.39, 0.29) is 12.1 Å². The summed E-state index contributed by atoms with van der Waals surface area (Å²) in [6, 6.07) is 10.1. The first-order valence-electron chi connectivity index (χ1n) is 6.56. The third-order valence-electron chi connectivity index (χ3n) is 3.10. The van der Waals surface area contributed by atoms with Crippen LogP contribution in [0.15, 0.2) is 30.3 Å². The van der Waals surface area contributed by atoms with E-state index in [0.717, 1.165) is 11.2 Å². The van der Waals surface area contributed by atoms with Crippen molar-refractivity contribution in [1.29, 1.82) is 0 Å². The Morgan fingerprint density at radius 3 is 2.74 bits per heavy atom. The van der Waals surface area contributed by atoms with Crippen LogP contribution in [0.5, 0.6) is 0 Å². The van der Waals surface area contributed by atoms with Crippen LogP contribution in [0.1, 0.15) is 31.1 Å². The van der Waals surface area contributed by atoms with Crippen molar-refractivity contribution < 1.29 is 4.74 Å². The van der Waals surface area contributed by atoms with Gasteiger partial charge in [0.05, 0.1) is 30.0 Å². The number of ether oxygens (including phenoxy) is 1. The Morgan fingerprint density at radius 1 is 1.32 bits per heavy atom. The zero-order valence-electron chi connectivity index (χ0n) is 11.7. The van der Waals surface area contributed by atoms with Gasteiger partial charge in [-0.25, -0.2) is 5.43 Å². The van der Waals surface area contributed by atoms with Gasteiger partial charge in [0.25, 0.3) is 0 Å². The number of nitrogens with one attached hydrogen (secondary N) is 1. The second-order valence-corrected chi connectivity index (χ2v) is 4.98. The lowest BCUT2D eigenvalue weighted by Crippen LogP contribution is -2.32. The highest BCUT2D eigenvalue weighted by Crippen LogP contribution is 2.21. The second kappa shape index (κ2) is 6.10. The fraction of sp³-hybridized carbons (Fsp3) is 0.400. The van der Waals surface area contributed by atoms with Crippen molar-refractivity contribution >= 4 is 10.9 Å². The molecule has 3 N–H and O–H groups in total. The number of hydrogen-bond donors (Lipinski definition) is 2. The van der Waals surface area contributed by atoms with E-state index >= 15 is 0 Å². The van der Waals surface area contributed by atoms with Crippen LogP contribution in [0, 0.1) is 6.92 Å². The third-order valence-corrected chi connectivity index (χ3v) is 3.10. The molecule has 1 heterocycles. The molecule has 2 rings (SSSR count). The Bertz CT molecular complexity index is 554. The standard InChI is InChI=1S/C15H21N3O/c1-10(2)19-9-15(18-16)14-8-11(3)12-6-4-5-7-13(12)17-14/h4-8,10,15,18H,9,16H2,1-3H3. The summed E-state index contributed by atoms with van der Waals surface area (Å²) in [5.41, 5.74) is 5.88. The Labute approximate surface area is 113 Å². The molecule has 4 nitrogen and oxygen atoms in total. The van der Waals surface area contributed by atoms with Crippen molar-refractivity contribution in [1.82, 2.24) is 10.4 Å². The van der Waals surface area contributed by atoms with Crippen LogP contribution in [-0.2, 0) is 4.74 Å². The summed E-state index contributed by atoms with van der Waals surface area (Å²) in [4.78, 5) is 4.66. The molecule has 1 aromatic carbocycles. The molecule has 0 aliphatic heterocycles. The minimum atomic E-state index is -0.0919. The summed E-state index contributed by atoms with van der Waals surface area (Å²) in [5, 5.41) is 1.17. The first kappa shape index (κ1) is 13.9. The highest BCUT2D eigenvalue weighted by Gasteiger charge is 2.14. The first-order valence-corrected chi connectivity index (χ1v) is 6.56. The van der Waals surface area contributed by atoms with Gasteiger partial charge >= 0.3 is 0 Å². The maximum Gasteiger partial charge on any atom is 0.0865 e. The van der Waals surface area contributed by atoms with E-state index in [0.29, 0.717) is 6.61 Å². The molecule has 0 saturated carbocycles. The van der Waals surface area contributed by atoms with E-state index in [2.05, 4.69) is 29.5 Å². The van der Waals surface area contributed by atoms with E-state index in [1.165, 1.54) is 10.9 Å². The molecule has 0 aliphatic rings. The van der Waals surface area contributed by atoms with E-state index < -0.39 is 0 Å². The van der Waals surface area contributed by atoms with Crippen molar-refractivity contribution in [3.63, 3.8) is 0 Å². The summed E-state index contributed by atoms with van der Waals surface area (Å²) in [6.07, 6.45) is 0.178. The average Bonchev–Trinajstić information content (AvgIpc) is 2.39. The Hall–Kier alpha value is -1.49. The zero-order chi connectivity index (χ0) is 13.8. The lowest BCUT2D eigenvalue weighted by Gasteiger charge is -2.18. The van der Waals surface area contributed by atoms with Gasteiger partial charge in [-0.15, -0.1) is 0 Å². The molecule has 0 spiro atoms. The number of nitrogens with zero attached hydrogens (tertiary/aromatic N) is 1. The lowest BCUT2D eigenvalue weighted by molar-refractivity contribution is 0.0604. The normalized spacial score (nSPS) is 13.1. The summed E-state index contributed by atoms with van der Waals surface area (Å²) in [5.74, 6) is 5.62. The van der Waals surface area contributed by atoms with Gasteiger partial charge in [0.1, 0.15) is 0 Å². The number of pyridine rings is 1. The molecule has 0 amide bonds. The molecular weight excluding hydrogens is 238 g/mol. The van der Waals surface area contributed by atoms with Crippen LogP contribution < -0.4 is 11.3 Å². The van der Waals surface area contributed by atoms with Crippen molar-refractivity contribution in [3.05, 3.63) is 41.6 Å². The van der Waals surface area contributed by atoms with Crippen LogP contribution in [0.4, 0.5) is 0 Å². The zero-order valence-corrected chi connectivity index (χ0v) is 11.7. The van der Waals surface area contributed by atoms with Crippen molar-refractivity contribution in [3.8, 4) is 0 Å². The predicted octanol–water partition coefficient (Wildman–Crippen LogP) is 2.47. The minimum Gasteiger partial charge on any atom is -0.377 e. The van der Waals surface area contributed by atoms with Crippen LogP contribution in [0.3, 0.4) is 0 Å². The Morgan fingerprint density at radius 2 is 2.05 bits per heavy atom. The van der Waals surface area contributed by atoms with Crippen LogP contribution in [0.2, 0.25) is 0 Å². The Balaban J connectivity index is 2.32. The van der Waals surface area contributed by atoms with Crippen molar-refractivity contribution in [2.75, 3.05) is 6.61 Å². The molecule has 0 fully saturated rings. The van der Waals surface area contributed by atoms with Gasteiger partial charge in [-0.3, -0.25) is 10.8 Å². The number of aromatic nitrogens is 1. The maximum absolute atomic E-state index is 5.62. The second-order valence-electron chi connectivity index (χ2n) is 4.98. The molecule has 0 aliphatic carbocycles. The largest absolute Gasteiger partial charge is 0.377 e. The molecule has 102 valence electrons. The maximum atomic E-state index is 5.62. The molecule has 0 bridgehead atoms. The van der Waals surface area contributed by atoms with Gasteiger partial charge in [-0.05, 0) is 38.5 Å². The summed E-state index contributed by atoms with van der Waals surface area (Å²) in [6.45, 7) is 6.61. The van der Waals surface area contributed by atoms with Gasteiger partial charge in [-0.1, -0.05) is 18.2 Å². The summed E-state index contributed by atoms with van der Waals surface area (Å²) >= 11 is 0. The number of aryl methyl sites for hydroxylation is 1. The summed E-state index contributed by atoms with van der Waals surface area (Å²) in [7, 11) is 0. The van der Waals surface area contributed by atoms with Gasteiger partial charge in [0.15, 0.2) is 0 Å². The van der Waals surface area contributed by atoms with E-state index in [4.69, 9.17) is 10.6 Å². The topological polar surface area (TPSA) is 60.2 Å². The number of benzene rings is 1. The number of rotatable bonds is 5. The molecule has 0 radical (unpaired) electrons. The molecular formula is C15H21N3O. The predicted molar refractivity (Wildman–Crippen MR) is 77.6 cm³/mol. The van der Waals surface area contributed by atoms with E-state index in [1.54, 1.807) is 0 Å². The van der Waals surface area contributed by atoms with Gasteiger partial charge < -0.3 is 4.74 Å². The van der Waals surface area contributed by atoms with Crippen LogP contribution >= 0.6 is 0 Å². The van der Waals surface area contributed by atoms with Gasteiger partial charge in [0.2, 0.25) is 0 Å². The molecule has 1 unspecified atom stereocenters. The van der Waals surface area contributed by atoms with E-state index in [1.807, 2.05) is 32.0 Å². The number of fused-ring (bicyclic) bond motifs is 1. The molecule has 0 saturated heterocycles. The average molecular weight is 259 g/mol. The first-order chi connectivity index (χ1) is 9.11. The summed E-state index contributed by atoms with van der Waals surface area (Å²) < 4.78 is 5.62. The van der Waals surface area contributed by atoms with Gasteiger partial charge in [-0.2, -0.15) is 0 Å². The molecule has 2 aromatic rings. The number of para-hydroxylation sites is 1. The van der Waals surface area contributed by atoms with Crippen molar-refractivity contribution in [2.24, 2.45) is 5.84 Å². The van der Waals surface area contributed by atoms with E-state index in [9.17, 15) is 0 Å². The highest BCUT2D eigenvalue weighted by molar-refractivity contribution is 5.82. The fourth-order valence-corrected chi connectivity index (χ4v) is 2.06. The number of hydrogen-bond acceptors (Lipinski definition) is 4. The quantitative estimate of drug-likeness (QED) is 0.639. The highest BCUT2D eigenvalue weighted by atomic mass is 16.5. The SMILES string of the molecule is Cc1cc(C(COC(C)C)NN)nc2ccccc12. The molecule has 4 heteroatoms. The molecule has 19 heavy (non-hydrogen) atoms. The van der Waals surface area contributed by atoms with Crippen LogP contribution in [-0.4, -0.2) is 17.7 Å². The van der Waals surface area contributed by atoms with Gasteiger partial charge in [0, 0.05) is 5.39 Å². The smallest absolute Gasteiger partial charge is 0.0865 e. The number of hydrazine groups is 1. The monoisotopic (exact) mass is 259 g/mol. The fourth-order valence-electron chi connectivity index (χ4n) is 2.06. The molecule has 1 atom stereocenters. The third kappa shape index (κ3) is 3.29. The Kier molecular flexibility index (Phi) is 4.47.